The third-order valence-corrected chi connectivity index (χ3v) is 16.8. The Morgan fingerprint density at radius 3 is 1.72 bits per heavy atom. The van der Waals surface area contributed by atoms with Gasteiger partial charge in [0.2, 0.25) is 29.5 Å². The monoisotopic (exact) mass is 967 g/mol. The van der Waals surface area contributed by atoms with E-state index in [2.05, 4.69) is 69.0 Å². The molecule has 0 aliphatic carbocycles. The van der Waals surface area contributed by atoms with Crippen LogP contribution in [0.2, 0.25) is 0 Å². The lowest BCUT2D eigenvalue weighted by atomic mass is 9.93. The molecule has 3 aliphatic heterocycles. The third-order valence-electron chi connectivity index (χ3n) is 14.0. The number of nitrogens with one attached hydrogen (secondary N) is 5. The first-order valence-corrected chi connectivity index (χ1v) is 28.0. The SMILES string of the molecule is O=C(CCCCCNC(=O)CCCCCNC(=O)CCCC[C@@H]1SC[C@@H]2NC(=O)NC21)NCCCCCCCCCCCCSC1CC(=O)N(c2ccc3ccc4cccc5ccc2c3c45)C1=O. The Morgan fingerprint density at radius 2 is 1.10 bits per heavy atom. The maximum absolute atomic E-state index is 13.6. The first-order valence-electron chi connectivity index (χ1n) is 25.9. The highest BCUT2D eigenvalue weighted by Gasteiger charge is 2.43. The van der Waals surface area contributed by atoms with Crippen molar-refractivity contribution < 1.29 is 28.8 Å². The number of rotatable bonds is 32. The first-order chi connectivity index (χ1) is 33.3. The molecule has 368 valence electrons. The Morgan fingerprint density at radius 1 is 0.588 bits per heavy atom. The molecule has 4 atom stereocenters. The summed E-state index contributed by atoms with van der Waals surface area (Å²) in [5.41, 5.74) is 0.706. The Hall–Kier alpha value is -4.56. The van der Waals surface area contributed by atoms with Crippen LogP contribution < -0.4 is 31.5 Å². The molecular weight excluding hydrogens is 893 g/mol. The molecule has 7 rings (SSSR count). The molecule has 3 aliphatic rings. The lowest BCUT2D eigenvalue weighted by molar-refractivity contribution is -0.122. The molecule has 4 aromatic carbocycles. The van der Waals surface area contributed by atoms with Gasteiger partial charge >= 0.3 is 6.03 Å². The second kappa shape index (κ2) is 27.0. The number of thioether (sulfide) groups is 2. The van der Waals surface area contributed by atoms with E-state index in [1.54, 1.807) is 11.8 Å². The zero-order valence-corrected chi connectivity index (χ0v) is 41.7. The topological polar surface area (TPSA) is 166 Å². The van der Waals surface area contributed by atoms with Gasteiger partial charge in [-0.05, 0) is 90.1 Å². The van der Waals surface area contributed by atoms with E-state index >= 15 is 0 Å². The highest BCUT2D eigenvalue weighted by molar-refractivity contribution is 8.00. The fraction of sp³-hybridized carbons (Fsp3) is 0.593. The molecule has 12 nitrogen and oxygen atoms in total. The summed E-state index contributed by atoms with van der Waals surface area (Å²) in [5, 5.41) is 21.9. The molecule has 5 N–H and O–H groups in total. The minimum atomic E-state index is -0.309. The normalized spacial score (nSPS) is 19.0. The Kier molecular flexibility index (Phi) is 20.4. The number of carbonyl (C=O) groups is 6. The van der Waals surface area contributed by atoms with Gasteiger partial charge < -0.3 is 26.6 Å². The van der Waals surface area contributed by atoms with Crippen molar-refractivity contribution in [2.45, 2.75) is 170 Å². The van der Waals surface area contributed by atoms with Crippen molar-refractivity contribution in [3.8, 4) is 0 Å². The zero-order valence-electron chi connectivity index (χ0n) is 40.0. The number of amides is 7. The number of urea groups is 1. The lowest BCUT2D eigenvalue weighted by Crippen LogP contribution is -2.36. The second-order valence-corrected chi connectivity index (χ2v) is 21.7. The summed E-state index contributed by atoms with van der Waals surface area (Å²) >= 11 is 3.55. The number of nitrogens with zero attached hydrogens (tertiary/aromatic N) is 1. The van der Waals surface area contributed by atoms with Crippen molar-refractivity contribution in [2.24, 2.45) is 0 Å². The highest BCUT2D eigenvalue weighted by atomic mass is 32.2. The smallest absolute Gasteiger partial charge is 0.315 e. The van der Waals surface area contributed by atoms with Crippen LogP contribution in [0.3, 0.4) is 0 Å². The first kappa shape index (κ1) is 51.3. The van der Waals surface area contributed by atoms with Gasteiger partial charge in [-0.25, -0.2) is 9.69 Å². The van der Waals surface area contributed by atoms with Crippen molar-refractivity contribution in [3.63, 3.8) is 0 Å². The molecular formula is C54H74N6O6S2. The van der Waals surface area contributed by atoms with E-state index in [1.807, 2.05) is 23.9 Å². The van der Waals surface area contributed by atoms with Gasteiger partial charge in [0.1, 0.15) is 0 Å². The Balaban J connectivity index is 0.598. The molecule has 2 unspecified atom stereocenters. The van der Waals surface area contributed by atoms with Crippen LogP contribution in [0.4, 0.5) is 10.5 Å². The summed E-state index contributed by atoms with van der Waals surface area (Å²) in [6.07, 6.45) is 21.5. The molecule has 0 bridgehead atoms. The van der Waals surface area contributed by atoms with Crippen LogP contribution in [0.1, 0.15) is 148 Å². The fourth-order valence-electron chi connectivity index (χ4n) is 10.2. The molecule has 3 saturated heterocycles. The molecule has 0 aromatic heterocycles. The zero-order chi connectivity index (χ0) is 47.5. The van der Waals surface area contributed by atoms with E-state index in [-0.39, 0.29) is 59.3 Å². The number of benzene rings is 4. The molecule has 3 heterocycles. The highest BCUT2D eigenvalue weighted by Crippen LogP contribution is 2.41. The average molecular weight is 967 g/mol. The van der Waals surface area contributed by atoms with Crippen molar-refractivity contribution >= 4 is 97.1 Å². The van der Waals surface area contributed by atoms with E-state index in [0.29, 0.717) is 43.3 Å². The minimum Gasteiger partial charge on any atom is -0.356 e. The molecule has 14 heteroatoms. The number of hydrogen-bond donors (Lipinski definition) is 5. The quantitative estimate of drug-likeness (QED) is 0.0140. The van der Waals surface area contributed by atoms with E-state index in [1.165, 1.54) is 59.6 Å². The van der Waals surface area contributed by atoms with Crippen LogP contribution >= 0.6 is 23.5 Å². The average Bonchev–Trinajstić information content (AvgIpc) is 3.99. The van der Waals surface area contributed by atoms with E-state index in [9.17, 15) is 28.8 Å². The summed E-state index contributed by atoms with van der Waals surface area (Å²) in [6, 6.07) is 19.1. The van der Waals surface area contributed by atoms with Crippen molar-refractivity contribution in [2.75, 3.05) is 36.0 Å². The van der Waals surface area contributed by atoms with Crippen LogP contribution in [0, 0.1) is 0 Å². The number of carbonyl (C=O) groups excluding carboxylic acids is 6. The number of imide groups is 1. The van der Waals surface area contributed by atoms with E-state index in [4.69, 9.17) is 0 Å². The van der Waals surface area contributed by atoms with Crippen LogP contribution in [-0.4, -0.2) is 89.3 Å². The molecule has 0 radical (unpaired) electrons. The second-order valence-electron chi connectivity index (χ2n) is 19.1. The lowest BCUT2D eigenvalue weighted by Gasteiger charge is -2.20. The van der Waals surface area contributed by atoms with E-state index < -0.39 is 0 Å². The van der Waals surface area contributed by atoms with Crippen molar-refractivity contribution in [3.05, 3.63) is 54.6 Å². The minimum absolute atomic E-state index is 0.0596. The summed E-state index contributed by atoms with van der Waals surface area (Å²) in [7, 11) is 0. The van der Waals surface area contributed by atoms with Gasteiger partial charge in [0.05, 0.1) is 23.0 Å². The maximum Gasteiger partial charge on any atom is 0.315 e. The van der Waals surface area contributed by atoms with Gasteiger partial charge in [0, 0.05) is 61.7 Å². The third kappa shape index (κ3) is 14.7. The summed E-state index contributed by atoms with van der Waals surface area (Å²) < 4.78 is 0. The van der Waals surface area contributed by atoms with Crippen molar-refractivity contribution in [1.82, 2.24) is 26.6 Å². The van der Waals surface area contributed by atoms with Gasteiger partial charge in [-0.2, -0.15) is 11.8 Å². The summed E-state index contributed by atoms with van der Waals surface area (Å²) in [6.45, 7) is 2.02. The van der Waals surface area contributed by atoms with Crippen LogP contribution in [0.15, 0.2) is 54.6 Å². The molecule has 0 spiro atoms. The number of unbranched alkanes of at least 4 members (excludes halogenated alkanes) is 14. The molecule has 68 heavy (non-hydrogen) atoms. The molecule has 7 amide bonds. The largest absolute Gasteiger partial charge is 0.356 e. The molecule has 4 aromatic rings. The summed E-state index contributed by atoms with van der Waals surface area (Å²) in [4.78, 5) is 76.4. The molecule has 3 fully saturated rings. The Bertz CT molecular complexity index is 2290. The standard InChI is InChI=1S/C54H74N6O6S2/c61-46(23-11-9-16-33-56-47(62)24-12-10-17-34-57-48(63)25-14-13-22-44-52-42(37-68-44)58-54(66)59-52)55-32-15-7-5-3-1-2-4-6-8-18-35-67-45-36-49(64)60(53(45)65)43-31-29-40-27-26-38-20-19-21-39-28-30-41(43)51(40)50(38)39/h19-21,26-31,42,44-45,52H,1-18,22-25,32-37H2,(H,55,61)(H,56,62)(H,57,63)(H2,58,59,66)/t42-,44-,45?,52?/m0/s1. The van der Waals surface area contributed by atoms with Crippen LogP contribution in [0.25, 0.3) is 32.3 Å². The number of hydrogen-bond acceptors (Lipinski definition) is 8. The summed E-state index contributed by atoms with van der Waals surface area (Å²) in [5.74, 6) is 1.94. The van der Waals surface area contributed by atoms with Crippen LogP contribution in [0.5, 0.6) is 0 Å². The number of anilines is 1. The van der Waals surface area contributed by atoms with Crippen LogP contribution in [-0.2, 0) is 24.0 Å². The predicted molar refractivity (Wildman–Crippen MR) is 280 cm³/mol. The van der Waals surface area contributed by atoms with Gasteiger partial charge in [0.25, 0.3) is 0 Å². The van der Waals surface area contributed by atoms with E-state index in [0.717, 1.165) is 118 Å². The predicted octanol–water partition coefficient (Wildman–Crippen LogP) is 10.0. The number of fused-ring (bicyclic) bond motifs is 1. The van der Waals surface area contributed by atoms with Gasteiger partial charge in [-0.1, -0.05) is 119 Å². The Labute approximate surface area is 411 Å². The molecule has 0 saturated carbocycles. The van der Waals surface area contributed by atoms with Gasteiger partial charge in [-0.3, -0.25) is 24.0 Å². The van der Waals surface area contributed by atoms with Gasteiger partial charge in [-0.15, -0.1) is 11.8 Å². The van der Waals surface area contributed by atoms with Gasteiger partial charge in [0.15, 0.2) is 0 Å². The van der Waals surface area contributed by atoms with Crippen molar-refractivity contribution in [1.29, 1.82) is 0 Å². The fourth-order valence-corrected chi connectivity index (χ4v) is 12.9. The maximum atomic E-state index is 13.6.